The van der Waals surface area contributed by atoms with Crippen LogP contribution in [0.25, 0.3) is 0 Å². The van der Waals surface area contributed by atoms with E-state index in [4.69, 9.17) is 0 Å². The maximum absolute atomic E-state index is 11.8. The van der Waals surface area contributed by atoms with Crippen molar-refractivity contribution in [1.82, 2.24) is 16.0 Å². The highest BCUT2D eigenvalue weighted by Gasteiger charge is 2.29. The molecule has 1 aromatic rings. The first-order chi connectivity index (χ1) is 8.56. The van der Waals surface area contributed by atoms with Crippen molar-refractivity contribution in [2.75, 3.05) is 6.54 Å². The lowest BCUT2D eigenvalue weighted by atomic mass is 10.1. The van der Waals surface area contributed by atoms with Gasteiger partial charge in [0.05, 0.1) is 0 Å². The van der Waals surface area contributed by atoms with Gasteiger partial charge in [-0.1, -0.05) is 17.7 Å². The maximum Gasteiger partial charge on any atom is 0.322 e. The van der Waals surface area contributed by atoms with E-state index >= 15 is 0 Å². The Morgan fingerprint density at radius 2 is 2.17 bits per heavy atom. The van der Waals surface area contributed by atoms with Gasteiger partial charge in [-0.05, 0) is 19.1 Å². The predicted molar refractivity (Wildman–Crippen MR) is 64.0 cm³/mol. The first-order valence-corrected chi connectivity index (χ1v) is 5.52. The summed E-state index contributed by atoms with van der Waals surface area (Å²) in [4.78, 5) is 33.9. The molecule has 1 aliphatic rings. The lowest BCUT2D eigenvalue weighted by Crippen LogP contribution is -2.41. The Bertz CT molecular complexity index is 513. The topological polar surface area (TPSA) is 87.3 Å². The third-order valence-electron chi connectivity index (χ3n) is 2.61. The molecule has 1 unspecified atom stereocenters. The van der Waals surface area contributed by atoms with Gasteiger partial charge in [0.15, 0.2) is 0 Å². The SMILES string of the molecule is Cc1cccc(C(=O)NCC2NC(=O)NC2=O)c1. The number of hydrogen-bond donors (Lipinski definition) is 3. The molecule has 18 heavy (non-hydrogen) atoms. The minimum Gasteiger partial charge on any atom is -0.349 e. The van der Waals surface area contributed by atoms with Gasteiger partial charge in [-0.3, -0.25) is 14.9 Å². The second-order valence-corrected chi connectivity index (χ2v) is 4.09. The average molecular weight is 247 g/mol. The number of rotatable bonds is 3. The van der Waals surface area contributed by atoms with Gasteiger partial charge in [0.25, 0.3) is 11.8 Å². The Balaban J connectivity index is 1.93. The van der Waals surface area contributed by atoms with Gasteiger partial charge in [-0.25, -0.2) is 4.79 Å². The van der Waals surface area contributed by atoms with Crippen molar-refractivity contribution in [1.29, 1.82) is 0 Å². The summed E-state index contributed by atoms with van der Waals surface area (Å²) in [5.74, 6) is -0.697. The molecule has 94 valence electrons. The quantitative estimate of drug-likeness (QED) is 0.653. The zero-order chi connectivity index (χ0) is 13.1. The van der Waals surface area contributed by atoms with Gasteiger partial charge in [-0.15, -0.1) is 0 Å². The number of urea groups is 1. The van der Waals surface area contributed by atoms with Crippen LogP contribution in [0.4, 0.5) is 4.79 Å². The lowest BCUT2D eigenvalue weighted by Gasteiger charge is -2.09. The Kier molecular flexibility index (Phi) is 3.27. The molecule has 2 rings (SSSR count). The molecule has 6 nitrogen and oxygen atoms in total. The van der Waals surface area contributed by atoms with E-state index in [9.17, 15) is 14.4 Å². The third-order valence-corrected chi connectivity index (χ3v) is 2.61. The minimum absolute atomic E-state index is 0.0738. The van der Waals surface area contributed by atoms with E-state index in [1.54, 1.807) is 18.2 Å². The molecule has 1 aromatic carbocycles. The molecule has 1 aliphatic heterocycles. The first kappa shape index (κ1) is 12.1. The number of nitrogens with one attached hydrogen (secondary N) is 3. The summed E-state index contributed by atoms with van der Waals surface area (Å²) in [7, 11) is 0. The number of carbonyl (C=O) groups is 3. The number of aryl methyl sites for hydroxylation is 1. The molecular weight excluding hydrogens is 234 g/mol. The lowest BCUT2D eigenvalue weighted by molar-refractivity contribution is -0.120. The van der Waals surface area contributed by atoms with E-state index in [0.29, 0.717) is 5.56 Å². The Morgan fingerprint density at radius 1 is 1.39 bits per heavy atom. The molecular formula is C12H13N3O3. The van der Waals surface area contributed by atoms with Gasteiger partial charge in [0.2, 0.25) is 0 Å². The van der Waals surface area contributed by atoms with E-state index < -0.39 is 18.0 Å². The average Bonchev–Trinajstić information content (AvgIpc) is 2.65. The highest BCUT2D eigenvalue weighted by Crippen LogP contribution is 2.03. The molecule has 0 bridgehead atoms. The fraction of sp³-hybridized carbons (Fsp3) is 0.250. The fourth-order valence-corrected chi connectivity index (χ4v) is 1.69. The highest BCUT2D eigenvalue weighted by atomic mass is 16.2. The summed E-state index contributed by atoms with van der Waals surface area (Å²) in [5.41, 5.74) is 1.51. The van der Waals surface area contributed by atoms with Crippen molar-refractivity contribution in [3.63, 3.8) is 0 Å². The van der Waals surface area contributed by atoms with Crippen LogP contribution in [0, 0.1) is 6.92 Å². The van der Waals surface area contributed by atoms with Gasteiger partial charge in [0.1, 0.15) is 6.04 Å². The van der Waals surface area contributed by atoms with Crippen LogP contribution in [0.3, 0.4) is 0 Å². The number of benzene rings is 1. The molecule has 0 saturated carbocycles. The first-order valence-electron chi connectivity index (χ1n) is 5.52. The molecule has 0 spiro atoms. The molecule has 1 heterocycles. The van der Waals surface area contributed by atoms with Crippen molar-refractivity contribution in [3.8, 4) is 0 Å². The molecule has 4 amide bonds. The normalized spacial score (nSPS) is 18.2. The van der Waals surface area contributed by atoms with E-state index in [1.807, 2.05) is 13.0 Å². The van der Waals surface area contributed by atoms with Crippen LogP contribution < -0.4 is 16.0 Å². The summed E-state index contributed by atoms with van der Waals surface area (Å²) < 4.78 is 0. The third kappa shape index (κ3) is 2.65. The van der Waals surface area contributed by atoms with Crippen LogP contribution in [-0.2, 0) is 4.79 Å². The summed E-state index contributed by atoms with van der Waals surface area (Å²) in [6.07, 6.45) is 0. The summed E-state index contributed by atoms with van der Waals surface area (Å²) in [5, 5.41) is 7.11. The number of carbonyl (C=O) groups excluding carboxylic acids is 3. The van der Waals surface area contributed by atoms with Crippen LogP contribution >= 0.6 is 0 Å². The summed E-state index contributed by atoms with van der Waals surface area (Å²) in [6, 6.07) is 5.88. The summed E-state index contributed by atoms with van der Waals surface area (Å²) in [6.45, 7) is 1.96. The standard InChI is InChI=1S/C12H13N3O3/c1-7-3-2-4-8(5-7)10(16)13-6-9-11(17)15-12(18)14-9/h2-5,9H,6H2,1H3,(H,13,16)(H2,14,15,17,18). The zero-order valence-corrected chi connectivity index (χ0v) is 9.82. The van der Waals surface area contributed by atoms with Crippen molar-refractivity contribution in [2.24, 2.45) is 0 Å². The fourth-order valence-electron chi connectivity index (χ4n) is 1.69. The number of hydrogen-bond acceptors (Lipinski definition) is 3. The smallest absolute Gasteiger partial charge is 0.322 e. The van der Waals surface area contributed by atoms with E-state index in [-0.39, 0.29) is 12.5 Å². The maximum atomic E-state index is 11.8. The molecule has 0 aliphatic carbocycles. The molecule has 1 saturated heterocycles. The van der Waals surface area contributed by atoms with E-state index in [2.05, 4.69) is 16.0 Å². The zero-order valence-electron chi connectivity index (χ0n) is 9.82. The van der Waals surface area contributed by atoms with Crippen molar-refractivity contribution in [2.45, 2.75) is 13.0 Å². The largest absolute Gasteiger partial charge is 0.349 e. The van der Waals surface area contributed by atoms with Crippen LogP contribution in [0.15, 0.2) is 24.3 Å². The number of imide groups is 1. The monoisotopic (exact) mass is 247 g/mol. The van der Waals surface area contributed by atoms with Crippen molar-refractivity contribution in [3.05, 3.63) is 35.4 Å². The molecule has 1 atom stereocenters. The van der Waals surface area contributed by atoms with Gasteiger partial charge >= 0.3 is 6.03 Å². The van der Waals surface area contributed by atoms with Crippen LogP contribution in [0.5, 0.6) is 0 Å². The van der Waals surface area contributed by atoms with Crippen LogP contribution in [0.1, 0.15) is 15.9 Å². The Labute approximate surface area is 104 Å². The van der Waals surface area contributed by atoms with Crippen LogP contribution in [-0.4, -0.2) is 30.4 Å². The van der Waals surface area contributed by atoms with Crippen molar-refractivity contribution < 1.29 is 14.4 Å². The number of amides is 4. The van der Waals surface area contributed by atoms with Gasteiger partial charge in [-0.2, -0.15) is 0 Å². The highest BCUT2D eigenvalue weighted by molar-refractivity contribution is 6.04. The Morgan fingerprint density at radius 3 is 2.78 bits per heavy atom. The summed E-state index contributed by atoms with van der Waals surface area (Å²) >= 11 is 0. The second kappa shape index (κ2) is 4.87. The van der Waals surface area contributed by atoms with E-state index in [1.165, 1.54) is 0 Å². The molecule has 6 heteroatoms. The molecule has 1 fully saturated rings. The van der Waals surface area contributed by atoms with Gasteiger partial charge < -0.3 is 10.6 Å². The molecule has 3 N–H and O–H groups in total. The van der Waals surface area contributed by atoms with Crippen molar-refractivity contribution >= 4 is 17.8 Å². The minimum atomic E-state index is -0.703. The van der Waals surface area contributed by atoms with E-state index in [0.717, 1.165) is 5.56 Å². The predicted octanol–water partition coefficient (Wildman–Crippen LogP) is -0.0672. The van der Waals surface area contributed by atoms with Gasteiger partial charge in [0, 0.05) is 12.1 Å². The van der Waals surface area contributed by atoms with Crippen LogP contribution in [0.2, 0.25) is 0 Å². The molecule has 0 aromatic heterocycles. The Hall–Kier alpha value is -2.37. The molecule has 0 radical (unpaired) electrons. The second-order valence-electron chi connectivity index (χ2n) is 4.09.